The molecule has 0 bridgehead atoms. The van der Waals surface area contributed by atoms with Crippen LogP contribution in [0.4, 0.5) is 0 Å². The molecule has 3 nitrogen and oxygen atoms in total. The first kappa shape index (κ1) is 12.4. The third kappa shape index (κ3) is 2.78. The highest BCUT2D eigenvalue weighted by atomic mass is 16.5. The fourth-order valence-corrected chi connectivity index (χ4v) is 2.46. The van der Waals surface area contributed by atoms with E-state index in [4.69, 9.17) is 4.74 Å². The summed E-state index contributed by atoms with van der Waals surface area (Å²) in [7, 11) is 1.78. The Kier molecular flexibility index (Phi) is 4.00. The SMILES string of the molecule is C=C1CC[C@@H](N2CCC2)CO/C1=C(C)/C=N\C. The van der Waals surface area contributed by atoms with Gasteiger partial charge in [0.1, 0.15) is 12.4 Å². The molecule has 3 heteroatoms. The standard InChI is InChI=1S/C14H22N2O/c1-11-5-6-13(16-7-4-8-16)10-17-14(11)12(2)9-15-3/h9,13H,1,4-8,10H2,2-3H3/b14-12+,15-9-/t13-/m1/s1. The highest BCUT2D eigenvalue weighted by Gasteiger charge is 2.27. The van der Waals surface area contributed by atoms with Crippen molar-refractivity contribution in [1.29, 1.82) is 0 Å². The molecular weight excluding hydrogens is 212 g/mol. The van der Waals surface area contributed by atoms with Crippen molar-refractivity contribution < 1.29 is 4.74 Å². The number of likely N-dealkylation sites (tertiary alicyclic amines) is 1. The molecule has 2 fully saturated rings. The van der Waals surface area contributed by atoms with Gasteiger partial charge in [0.25, 0.3) is 0 Å². The number of nitrogens with zero attached hydrogens (tertiary/aromatic N) is 2. The minimum atomic E-state index is 0.573. The van der Waals surface area contributed by atoms with Crippen molar-refractivity contribution in [2.75, 3.05) is 26.7 Å². The lowest BCUT2D eigenvalue weighted by atomic mass is 10.0. The molecule has 1 atom stereocenters. The third-order valence-electron chi connectivity index (χ3n) is 3.61. The summed E-state index contributed by atoms with van der Waals surface area (Å²) in [6.07, 6.45) is 5.39. The fourth-order valence-electron chi connectivity index (χ4n) is 2.46. The predicted octanol–water partition coefficient (Wildman–Crippen LogP) is 2.40. The Morgan fingerprint density at radius 3 is 2.88 bits per heavy atom. The molecule has 0 aromatic heterocycles. The summed E-state index contributed by atoms with van der Waals surface area (Å²) in [4.78, 5) is 6.56. The Balaban J connectivity index is 2.06. The zero-order chi connectivity index (χ0) is 12.3. The lowest BCUT2D eigenvalue weighted by Crippen LogP contribution is -2.46. The van der Waals surface area contributed by atoms with Gasteiger partial charge < -0.3 is 4.74 Å². The van der Waals surface area contributed by atoms with Gasteiger partial charge in [-0.2, -0.15) is 0 Å². The summed E-state index contributed by atoms with van der Waals surface area (Å²) in [5, 5.41) is 0. The Morgan fingerprint density at radius 2 is 2.29 bits per heavy atom. The van der Waals surface area contributed by atoms with Gasteiger partial charge in [-0.15, -0.1) is 0 Å². The van der Waals surface area contributed by atoms with Crippen LogP contribution in [0.2, 0.25) is 0 Å². The van der Waals surface area contributed by atoms with Gasteiger partial charge in [-0.1, -0.05) is 6.58 Å². The van der Waals surface area contributed by atoms with Crippen molar-refractivity contribution in [3.63, 3.8) is 0 Å². The average molecular weight is 234 g/mol. The van der Waals surface area contributed by atoms with E-state index >= 15 is 0 Å². The molecule has 2 heterocycles. The molecule has 2 aliphatic heterocycles. The van der Waals surface area contributed by atoms with E-state index in [2.05, 4.69) is 16.5 Å². The molecule has 0 saturated carbocycles. The molecule has 17 heavy (non-hydrogen) atoms. The van der Waals surface area contributed by atoms with Crippen LogP contribution in [0.25, 0.3) is 0 Å². The molecule has 2 aliphatic rings. The smallest absolute Gasteiger partial charge is 0.126 e. The van der Waals surface area contributed by atoms with Gasteiger partial charge in [0.2, 0.25) is 0 Å². The highest BCUT2D eigenvalue weighted by Crippen LogP contribution is 2.27. The molecule has 0 aliphatic carbocycles. The molecule has 0 unspecified atom stereocenters. The van der Waals surface area contributed by atoms with Crippen molar-refractivity contribution >= 4 is 6.21 Å². The molecule has 0 amide bonds. The first-order valence-corrected chi connectivity index (χ1v) is 6.40. The van der Waals surface area contributed by atoms with Crippen LogP contribution in [-0.4, -0.2) is 43.9 Å². The third-order valence-corrected chi connectivity index (χ3v) is 3.61. The minimum absolute atomic E-state index is 0.573. The van der Waals surface area contributed by atoms with Gasteiger partial charge in [-0.05, 0) is 44.8 Å². The topological polar surface area (TPSA) is 24.8 Å². The molecule has 0 aromatic carbocycles. The number of hydrogen-bond acceptors (Lipinski definition) is 3. The summed E-state index contributed by atoms with van der Waals surface area (Å²) in [6, 6.07) is 0.573. The van der Waals surface area contributed by atoms with E-state index in [1.807, 2.05) is 13.1 Å². The maximum Gasteiger partial charge on any atom is 0.126 e. The molecular formula is C14H22N2O. The lowest BCUT2D eigenvalue weighted by Gasteiger charge is -2.37. The maximum atomic E-state index is 5.95. The van der Waals surface area contributed by atoms with Crippen molar-refractivity contribution in [2.45, 2.75) is 32.2 Å². The lowest BCUT2D eigenvalue weighted by molar-refractivity contribution is 0.0612. The average Bonchev–Trinajstić information content (AvgIpc) is 2.40. The zero-order valence-electron chi connectivity index (χ0n) is 10.9. The van der Waals surface area contributed by atoms with E-state index in [1.54, 1.807) is 7.05 Å². The summed E-state index contributed by atoms with van der Waals surface area (Å²) in [6.45, 7) is 9.43. The molecule has 0 spiro atoms. The first-order chi connectivity index (χ1) is 8.22. The van der Waals surface area contributed by atoms with Gasteiger partial charge in [0, 0.05) is 24.9 Å². The maximum absolute atomic E-state index is 5.95. The summed E-state index contributed by atoms with van der Waals surface area (Å²) in [5.74, 6) is 0.957. The summed E-state index contributed by atoms with van der Waals surface area (Å²) < 4.78 is 5.95. The van der Waals surface area contributed by atoms with Crippen LogP contribution in [-0.2, 0) is 4.74 Å². The van der Waals surface area contributed by atoms with E-state index in [1.165, 1.54) is 25.9 Å². The van der Waals surface area contributed by atoms with Crippen LogP contribution in [0.15, 0.2) is 28.5 Å². The van der Waals surface area contributed by atoms with Gasteiger partial charge in [-0.25, -0.2) is 0 Å². The van der Waals surface area contributed by atoms with Crippen LogP contribution in [0.5, 0.6) is 0 Å². The second kappa shape index (κ2) is 5.50. The van der Waals surface area contributed by atoms with E-state index < -0.39 is 0 Å². The van der Waals surface area contributed by atoms with Crippen LogP contribution < -0.4 is 0 Å². The van der Waals surface area contributed by atoms with Crippen molar-refractivity contribution in [3.05, 3.63) is 23.5 Å². The molecule has 0 radical (unpaired) electrons. The van der Waals surface area contributed by atoms with E-state index in [0.29, 0.717) is 6.04 Å². The number of ether oxygens (including phenoxy) is 1. The number of rotatable bonds is 2. The number of allylic oxidation sites excluding steroid dienone is 2. The second-order valence-electron chi connectivity index (χ2n) is 4.90. The van der Waals surface area contributed by atoms with E-state index in [-0.39, 0.29) is 0 Å². The Morgan fingerprint density at radius 1 is 1.53 bits per heavy atom. The van der Waals surface area contributed by atoms with E-state index in [0.717, 1.165) is 29.9 Å². The Labute approximate surface area is 104 Å². The van der Waals surface area contributed by atoms with Crippen LogP contribution >= 0.6 is 0 Å². The van der Waals surface area contributed by atoms with Gasteiger partial charge >= 0.3 is 0 Å². The molecule has 0 aromatic rings. The first-order valence-electron chi connectivity index (χ1n) is 6.40. The van der Waals surface area contributed by atoms with Crippen molar-refractivity contribution in [3.8, 4) is 0 Å². The normalized spacial score (nSPS) is 29.8. The predicted molar refractivity (Wildman–Crippen MR) is 71.4 cm³/mol. The van der Waals surface area contributed by atoms with E-state index in [9.17, 15) is 0 Å². The quantitative estimate of drug-likeness (QED) is 0.685. The van der Waals surface area contributed by atoms with Crippen LogP contribution in [0.1, 0.15) is 26.2 Å². The van der Waals surface area contributed by atoms with Crippen molar-refractivity contribution in [2.24, 2.45) is 4.99 Å². The van der Waals surface area contributed by atoms with Crippen LogP contribution in [0.3, 0.4) is 0 Å². The van der Waals surface area contributed by atoms with Crippen LogP contribution in [0, 0.1) is 0 Å². The van der Waals surface area contributed by atoms with Crippen molar-refractivity contribution in [1.82, 2.24) is 4.90 Å². The molecule has 2 saturated heterocycles. The summed E-state index contributed by atoms with van der Waals surface area (Å²) >= 11 is 0. The van der Waals surface area contributed by atoms with Gasteiger partial charge in [0.15, 0.2) is 0 Å². The largest absolute Gasteiger partial charge is 0.491 e. The molecule has 2 rings (SSSR count). The second-order valence-corrected chi connectivity index (χ2v) is 4.90. The fraction of sp³-hybridized carbons (Fsp3) is 0.643. The Bertz CT molecular complexity index is 353. The minimum Gasteiger partial charge on any atom is -0.491 e. The van der Waals surface area contributed by atoms with Gasteiger partial charge in [0.05, 0.1) is 0 Å². The monoisotopic (exact) mass is 234 g/mol. The Hall–Kier alpha value is -1.09. The summed E-state index contributed by atoms with van der Waals surface area (Å²) in [5.41, 5.74) is 2.20. The number of aliphatic imine (C=N–C) groups is 1. The molecule has 0 N–H and O–H groups in total. The molecule has 94 valence electrons. The zero-order valence-corrected chi connectivity index (χ0v) is 10.9. The van der Waals surface area contributed by atoms with Gasteiger partial charge in [-0.3, -0.25) is 9.89 Å². The number of hydrogen-bond donors (Lipinski definition) is 0. The highest BCUT2D eigenvalue weighted by molar-refractivity contribution is 5.79.